The van der Waals surface area contributed by atoms with E-state index in [1.807, 2.05) is 27.7 Å². The number of nitrogens with zero attached hydrogens (tertiary/aromatic N) is 1. The summed E-state index contributed by atoms with van der Waals surface area (Å²) >= 11 is 0. The van der Waals surface area contributed by atoms with Gasteiger partial charge in [0.2, 0.25) is 0 Å². The van der Waals surface area contributed by atoms with Gasteiger partial charge in [0.25, 0.3) is 0 Å². The molecule has 0 amide bonds. The van der Waals surface area contributed by atoms with E-state index < -0.39 is 5.41 Å². The van der Waals surface area contributed by atoms with E-state index in [1.54, 1.807) is 0 Å². The van der Waals surface area contributed by atoms with Crippen LogP contribution in [-0.4, -0.2) is 36.6 Å². The third kappa shape index (κ3) is 4.71. The van der Waals surface area contributed by atoms with Gasteiger partial charge >= 0.3 is 5.97 Å². The predicted molar refractivity (Wildman–Crippen MR) is 95.0 cm³/mol. The topological polar surface area (TPSA) is 29.5 Å². The fourth-order valence-corrected chi connectivity index (χ4v) is 3.44. The van der Waals surface area contributed by atoms with E-state index in [1.165, 1.54) is 39.5 Å². The highest BCUT2D eigenvalue weighted by molar-refractivity contribution is 5.76. The number of likely N-dealkylation sites (tertiary alicyclic amines) is 1. The number of piperidine rings is 1. The maximum atomic E-state index is 12.0. The first-order valence-corrected chi connectivity index (χ1v) is 8.99. The minimum absolute atomic E-state index is 0.105. The van der Waals surface area contributed by atoms with Crippen molar-refractivity contribution in [2.45, 2.75) is 80.2 Å². The molecule has 0 bridgehead atoms. The van der Waals surface area contributed by atoms with Gasteiger partial charge in [-0.2, -0.15) is 0 Å². The van der Waals surface area contributed by atoms with Crippen molar-refractivity contribution in [2.24, 2.45) is 17.3 Å². The van der Waals surface area contributed by atoms with E-state index in [2.05, 4.69) is 32.6 Å². The molecule has 0 aromatic heterocycles. The molecule has 0 aromatic carbocycles. The maximum Gasteiger partial charge on any atom is 0.311 e. The minimum atomic E-state index is -0.443. The number of hydrogen-bond acceptors (Lipinski definition) is 3. The minimum Gasteiger partial charge on any atom is -0.469 e. The smallest absolute Gasteiger partial charge is 0.311 e. The summed E-state index contributed by atoms with van der Waals surface area (Å²) in [6.45, 7) is 19.5. The Morgan fingerprint density at radius 2 is 1.41 bits per heavy atom. The molecular weight excluding hydrogens is 274 g/mol. The second-order valence-corrected chi connectivity index (χ2v) is 7.49. The Morgan fingerprint density at radius 3 is 1.82 bits per heavy atom. The highest BCUT2D eigenvalue weighted by atomic mass is 16.5. The molecule has 1 saturated heterocycles. The molecule has 0 saturated carbocycles. The van der Waals surface area contributed by atoms with Crippen LogP contribution in [-0.2, 0) is 9.53 Å². The molecule has 2 unspecified atom stereocenters. The quantitative estimate of drug-likeness (QED) is 0.686. The highest BCUT2D eigenvalue weighted by Crippen LogP contribution is 2.41. The van der Waals surface area contributed by atoms with E-state index in [0.717, 1.165) is 0 Å². The zero-order valence-electron chi connectivity index (χ0n) is 16.5. The lowest BCUT2D eigenvalue weighted by molar-refractivity contribution is -0.156. The molecule has 1 aliphatic heterocycles. The number of methoxy groups -OCH3 is 1. The van der Waals surface area contributed by atoms with Crippen molar-refractivity contribution < 1.29 is 9.53 Å². The van der Waals surface area contributed by atoms with Gasteiger partial charge < -0.3 is 4.74 Å². The lowest BCUT2D eigenvalue weighted by atomic mass is 9.67. The Morgan fingerprint density at radius 1 is 0.955 bits per heavy atom. The van der Waals surface area contributed by atoms with Gasteiger partial charge in [0.1, 0.15) is 0 Å². The Balaban J connectivity index is 0.00000211. The van der Waals surface area contributed by atoms with Crippen molar-refractivity contribution in [3.05, 3.63) is 0 Å². The molecule has 3 heteroatoms. The molecule has 22 heavy (non-hydrogen) atoms. The maximum absolute atomic E-state index is 12.0. The van der Waals surface area contributed by atoms with Gasteiger partial charge in [0.15, 0.2) is 0 Å². The number of ether oxygens (including phenoxy) is 1. The van der Waals surface area contributed by atoms with E-state index in [0.29, 0.717) is 5.92 Å². The van der Waals surface area contributed by atoms with Gasteiger partial charge in [-0.05, 0) is 65.5 Å². The van der Waals surface area contributed by atoms with Crippen molar-refractivity contribution in [1.82, 2.24) is 4.90 Å². The number of hydrogen-bond donors (Lipinski definition) is 0. The molecule has 1 aliphatic rings. The molecule has 1 rings (SSSR count). The Bertz CT molecular complexity index is 330. The summed E-state index contributed by atoms with van der Waals surface area (Å²) in [5.74, 6) is 0.591. The van der Waals surface area contributed by atoms with Gasteiger partial charge in [0, 0.05) is 5.54 Å². The van der Waals surface area contributed by atoms with Crippen LogP contribution in [0, 0.1) is 17.3 Å². The molecule has 0 aromatic rings. The number of esters is 1. The molecule has 1 fully saturated rings. The third-order valence-electron chi connectivity index (χ3n) is 5.89. The lowest BCUT2D eigenvalue weighted by Crippen LogP contribution is -2.54. The zero-order chi connectivity index (χ0) is 17.6. The summed E-state index contributed by atoms with van der Waals surface area (Å²) in [6, 6.07) is 0. The second kappa shape index (κ2) is 8.90. The van der Waals surface area contributed by atoms with Crippen molar-refractivity contribution in [3.8, 4) is 0 Å². The van der Waals surface area contributed by atoms with E-state index >= 15 is 0 Å². The second-order valence-electron chi connectivity index (χ2n) is 7.49. The summed E-state index contributed by atoms with van der Waals surface area (Å²) in [4.78, 5) is 14.6. The van der Waals surface area contributed by atoms with Gasteiger partial charge in [0.05, 0.1) is 12.5 Å². The SMILES string of the molecule is CC.COC(=O)C(C)(C)C(C)C(C)C(C)(C)N1CCCCC1. The zero-order valence-corrected chi connectivity index (χ0v) is 16.5. The van der Waals surface area contributed by atoms with Crippen LogP contribution >= 0.6 is 0 Å². The van der Waals surface area contributed by atoms with Crippen LogP contribution < -0.4 is 0 Å². The summed E-state index contributed by atoms with van der Waals surface area (Å²) in [7, 11) is 1.48. The van der Waals surface area contributed by atoms with Crippen LogP contribution in [0.1, 0.15) is 74.7 Å². The van der Waals surface area contributed by atoms with E-state index in [9.17, 15) is 4.79 Å². The fraction of sp³-hybridized carbons (Fsp3) is 0.947. The van der Waals surface area contributed by atoms with Crippen LogP contribution in [0.4, 0.5) is 0 Å². The van der Waals surface area contributed by atoms with Crippen molar-refractivity contribution >= 4 is 5.97 Å². The van der Waals surface area contributed by atoms with Crippen LogP contribution in [0.5, 0.6) is 0 Å². The van der Waals surface area contributed by atoms with Crippen LogP contribution in [0.2, 0.25) is 0 Å². The van der Waals surface area contributed by atoms with E-state index in [-0.39, 0.29) is 17.4 Å². The molecule has 3 nitrogen and oxygen atoms in total. The number of rotatable bonds is 5. The normalized spacial score (nSPS) is 19.7. The molecular formula is C19H39NO2. The highest BCUT2D eigenvalue weighted by Gasteiger charge is 2.44. The molecule has 2 atom stereocenters. The standard InChI is InChI=1S/C17H33NO2.C2H6/c1-13(16(3,4)15(19)20-7)14(2)17(5,6)18-11-9-8-10-12-18;1-2/h13-14H,8-12H2,1-7H3;1-2H3. The largest absolute Gasteiger partial charge is 0.469 e. The number of carbonyl (C=O) groups is 1. The third-order valence-corrected chi connectivity index (χ3v) is 5.89. The summed E-state index contributed by atoms with van der Waals surface area (Å²) in [5.41, 5.74) is -0.327. The average Bonchev–Trinajstić information content (AvgIpc) is 2.55. The predicted octanol–water partition coefficient (Wildman–Crippen LogP) is 4.75. The van der Waals surface area contributed by atoms with Gasteiger partial charge in [-0.3, -0.25) is 9.69 Å². The van der Waals surface area contributed by atoms with Gasteiger partial charge in [-0.1, -0.05) is 34.1 Å². The van der Waals surface area contributed by atoms with Crippen LogP contribution in [0.15, 0.2) is 0 Å². The molecule has 132 valence electrons. The van der Waals surface area contributed by atoms with Crippen molar-refractivity contribution in [3.63, 3.8) is 0 Å². The first-order chi connectivity index (χ1) is 10.2. The van der Waals surface area contributed by atoms with Crippen molar-refractivity contribution in [1.29, 1.82) is 0 Å². The fourth-order valence-electron chi connectivity index (χ4n) is 3.44. The first-order valence-electron chi connectivity index (χ1n) is 8.99. The van der Waals surface area contributed by atoms with Gasteiger partial charge in [-0.25, -0.2) is 0 Å². The van der Waals surface area contributed by atoms with Crippen molar-refractivity contribution in [2.75, 3.05) is 20.2 Å². The summed E-state index contributed by atoms with van der Waals surface area (Å²) in [5, 5.41) is 0. The van der Waals surface area contributed by atoms with Crippen LogP contribution in [0.3, 0.4) is 0 Å². The Hall–Kier alpha value is -0.570. The summed E-state index contributed by atoms with van der Waals surface area (Å²) < 4.78 is 4.99. The molecule has 1 heterocycles. The molecule has 0 spiro atoms. The molecule has 0 N–H and O–H groups in total. The average molecular weight is 314 g/mol. The van der Waals surface area contributed by atoms with Gasteiger partial charge in [-0.15, -0.1) is 0 Å². The Labute approximate surface area is 138 Å². The molecule has 0 aliphatic carbocycles. The van der Waals surface area contributed by atoms with E-state index in [4.69, 9.17) is 4.74 Å². The molecule has 0 radical (unpaired) electrons. The number of carbonyl (C=O) groups excluding carboxylic acids is 1. The summed E-state index contributed by atoms with van der Waals surface area (Å²) in [6.07, 6.45) is 3.94. The monoisotopic (exact) mass is 313 g/mol. The first kappa shape index (κ1) is 21.4. The van der Waals surface area contributed by atoms with Crippen LogP contribution in [0.25, 0.3) is 0 Å². The lowest BCUT2D eigenvalue weighted by Gasteiger charge is -2.49. The Kier molecular flexibility index (Phi) is 8.67.